The number of nitrogens with two attached hydrogens (primary N) is 1. The minimum Gasteiger partial charge on any atom is -0.399 e. The molecule has 30 heavy (non-hydrogen) atoms. The summed E-state index contributed by atoms with van der Waals surface area (Å²) in [6.45, 7) is 1.43. The first-order chi connectivity index (χ1) is 14.1. The van der Waals surface area contributed by atoms with E-state index in [2.05, 4.69) is 0 Å². The Morgan fingerprint density at radius 1 is 1.23 bits per heavy atom. The van der Waals surface area contributed by atoms with Crippen molar-refractivity contribution in [2.24, 2.45) is 17.1 Å². The van der Waals surface area contributed by atoms with Crippen molar-refractivity contribution >= 4 is 5.91 Å². The van der Waals surface area contributed by atoms with Crippen molar-refractivity contribution in [3.8, 4) is 18.2 Å². The van der Waals surface area contributed by atoms with Gasteiger partial charge in [-0.15, -0.1) is 0 Å². The number of fused-ring (bicyclic) bond motifs is 1. The van der Waals surface area contributed by atoms with E-state index in [-0.39, 0.29) is 35.8 Å². The number of carbonyl (C=O) groups is 1. The number of rotatable bonds is 1. The van der Waals surface area contributed by atoms with Gasteiger partial charge in [0.05, 0.1) is 29.0 Å². The summed E-state index contributed by atoms with van der Waals surface area (Å²) < 4.78 is 41.4. The monoisotopic (exact) mass is 411 g/mol. The topological polar surface area (TPSA) is 118 Å². The molecule has 3 rings (SSSR count). The summed E-state index contributed by atoms with van der Waals surface area (Å²) in [6, 6.07) is 10.2. The van der Waals surface area contributed by atoms with Crippen LogP contribution in [0.1, 0.15) is 24.0 Å². The van der Waals surface area contributed by atoms with Crippen LogP contribution in [0.2, 0.25) is 0 Å². The lowest BCUT2D eigenvalue weighted by Gasteiger charge is -2.46. The van der Waals surface area contributed by atoms with Gasteiger partial charge in [0.1, 0.15) is 6.07 Å². The van der Waals surface area contributed by atoms with E-state index in [9.17, 15) is 33.8 Å². The molecule has 0 aromatic heterocycles. The van der Waals surface area contributed by atoms with Gasteiger partial charge in [-0.2, -0.15) is 29.0 Å². The van der Waals surface area contributed by atoms with E-state index in [1.165, 1.54) is 30.0 Å². The first kappa shape index (κ1) is 21.0. The quantitative estimate of drug-likeness (QED) is 0.762. The molecule has 2 atom stereocenters. The molecule has 1 aliphatic carbocycles. The van der Waals surface area contributed by atoms with Gasteiger partial charge >= 0.3 is 6.18 Å². The summed E-state index contributed by atoms with van der Waals surface area (Å²) in [4.78, 5) is 13.3. The molecule has 6 nitrogen and oxygen atoms in total. The number of carbonyl (C=O) groups excluding carboxylic acids is 1. The number of allylic oxidation sites excluding steroid dienone is 2. The van der Waals surface area contributed by atoms with Crippen LogP contribution in [0.4, 0.5) is 13.2 Å². The summed E-state index contributed by atoms with van der Waals surface area (Å²) in [5.41, 5.74) is 2.53. The van der Waals surface area contributed by atoms with Crippen LogP contribution in [0, 0.1) is 45.3 Å². The van der Waals surface area contributed by atoms with Crippen LogP contribution >= 0.6 is 0 Å². The number of halogens is 3. The van der Waals surface area contributed by atoms with Crippen LogP contribution < -0.4 is 5.73 Å². The normalized spacial score (nSPS) is 22.8. The Hall–Kier alpha value is -3.77. The van der Waals surface area contributed by atoms with Gasteiger partial charge in [-0.25, -0.2) is 0 Å². The molecule has 0 radical (unpaired) electrons. The zero-order chi connectivity index (χ0) is 22.3. The van der Waals surface area contributed by atoms with E-state index in [1.54, 1.807) is 18.2 Å². The highest BCUT2D eigenvalue weighted by atomic mass is 19.4. The molecule has 1 aliphatic heterocycles. The van der Waals surface area contributed by atoms with Gasteiger partial charge in [0.2, 0.25) is 5.91 Å². The smallest absolute Gasteiger partial charge is 0.399 e. The molecular formula is C21H16F3N5O. The third-order valence-electron chi connectivity index (χ3n) is 5.71. The predicted octanol–water partition coefficient (Wildman–Crippen LogP) is 2.98. The Kier molecular flexibility index (Phi) is 5.06. The fraction of sp³-hybridized carbons (Fsp3) is 0.333. The Morgan fingerprint density at radius 3 is 2.40 bits per heavy atom. The predicted molar refractivity (Wildman–Crippen MR) is 98.5 cm³/mol. The Morgan fingerprint density at radius 2 is 1.87 bits per heavy atom. The Labute approximate surface area is 170 Å². The van der Waals surface area contributed by atoms with Gasteiger partial charge in [-0.1, -0.05) is 24.3 Å². The van der Waals surface area contributed by atoms with Gasteiger partial charge in [0.25, 0.3) is 0 Å². The molecule has 0 fully saturated rings. The fourth-order valence-corrected chi connectivity index (χ4v) is 4.31. The average molecular weight is 411 g/mol. The van der Waals surface area contributed by atoms with Crippen LogP contribution in [0.25, 0.3) is 0 Å². The van der Waals surface area contributed by atoms with Crippen molar-refractivity contribution in [1.82, 2.24) is 4.90 Å². The minimum absolute atomic E-state index is 0.0401. The SMILES string of the molecule is CC(=O)N1CC=C2C(C#N)=C(N)C(C#N)(C#N)[C@@H](c3ccccc3C(F)(F)F)[C@H]2C1. The maximum absolute atomic E-state index is 13.8. The van der Waals surface area contributed by atoms with Crippen molar-refractivity contribution in [2.75, 3.05) is 13.1 Å². The molecule has 0 spiro atoms. The van der Waals surface area contributed by atoms with Crippen LogP contribution in [-0.2, 0) is 11.0 Å². The molecule has 0 unspecified atom stereocenters. The number of amides is 1. The van der Waals surface area contributed by atoms with Gasteiger partial charge in [-0.05, 0) is 17.2 Å². The second-order valence-corrected chi connectivity index (χ2v) is 7.18. The number of nitrogens with zero attached hydrogens (tertiary/aromatic N) is 4. The van der Waals surface area contributed by atoms with Gasteiger partial charge < -0.3 is 10.6 Å². The molecule has 9 heteroatoms. The highest BCUT2D eigenvalue weighted by molar-refractivity contribution is 5.74. The summed E-state index contributed by atoms with van der Waals surface area (Å²) >= 11 is 0. The highest BCUT2D eigenvalue weighted by Crippen LogP contribution is 2.55. The molecule has 0 saturated heterocycles. The van der Waals surface area contributed by atoms with E-state index in [0.717, 1.165) is 6.07 Å². The highest BCUT2D eigenvalue weighted by Gasteiger charge is 2.56. The number of hydrogen-bond acceptors (Lipinski definition) is 5. The Balaban J connectivity index is 2.39. The molecule has 0 saturated carbocycles. The standard InChI is InChI=1S/C21H16F3N5O/c1-12(30)29-7-6-13-15(8-25)19(28)20(10-26,11-27)18(16(13)9-29)14-4-2-3-5-17(14)21(22,23)24/h2-6,16,18H,7,9,28H2,1H3/t16-,18-/m0/s1. The second kappa shape index (κ2) is 7.24. The molecule has 152 valence electrons. The summed E-state index contributed by atoms with van der Waals surface area (Å²) in [6.07, 6.45) is -3.18. The zero-order valence-electron chi connectivity index (χ0n) is 15.9. The number of alkyl halides is 3. The van der Waals surface area contributed by atoms with E-state index < -0.39 is 29.0 Å². The molecule has 1 amide bonds. The first-order valence-corrected chi connectivity index (χ1v) is 8.97. The van der Waals surface area contributed by atoms with Crippen molar-refractivity contribution in [2.45, 2.75) is 19.0 Å². The number of nitriles is 3. The molecule has 1 aromatic carbocycles. The number of hydrogen-bond donors (Lipinski definition) is 1. The Bertz CT molecular complexity index is 1080. The van der Waals surface area contributed by atoms with Crippen LogP contribution in [0.15, 0.2) is 47.2 Å². The lowest BCUT2D eigenvalue weighted by Crippen LogP contribution is -2.49. The van der Waals surface area contributed by atoms with Crippen LogP contribution in [-0.4, -0.2) is 23.9 Å². The molecule has 2 aliphatic rings. The average Bonchev–Trinajstić information content (AvgIpc) is 2.72. The first-order valence-electron chi connectivity index (χ1n) is 8.97. The zero-order valence-corrected chi connectivity index (χ0v) is 15.9. The summed E-state index contributed by atoms with van der Waals surface area (Å²) in [5.74, 6) is -2.52. The van der Waals surface area contributed by atoms with Crippen LogP contribution in [0.5, 0.6) is 0 Å². The van der Waals surface area contributed by atoms with Crippen molar-refractivity contribution in [1.29, 1.82) is 15.8 Å². The van der Waals surface area contributed by atoms with E-state index in [4.69, 9.17) is 5.73 Å². The van der Waals surface area contributed by atoms with E-state index in [1.807, 2.05) is 6.07 Å². The molecule has 1 heterocycles. The minimum atomic E-state index is -4.74. The number of benzene rings is 1. The molecule has 1 aromatic rings. The maximum atomic E-state index is 13.8. The van der Waals surface area contributed by atoms with Gasteiger partial charge in [0, 0.05) is 31.8 Å². The third-order valence-corrected chi connectivity index (χ3v) is 5.71. The fourth-order valence-electron chi connectivity index (χ4n) is 4.31. The summed E-state index contributed by atoms with van der Waals surface area (Å²) in [7, 11) is 0. The maximum Gasteiger partial charge on any atom is 0.416 e. The third kappa shape index (κ3) is 2.98. The van der Waals surface area contributed by atoms with Gasteiger partial charge in [0.15, 0.2) is 5.41 Å². The van der Waals surface area contributed by atoms with Gasteiger partial charge in [-0.3, -0.25) is 4.79 Å². The van der Waals surface area contributed by atoms with Crippen molar-refractivity contribution in [3.63, 3.8) is 0 Å². The van der Waals surface area contributed by atoms with Crippen LogP contribution in [0.3, 0.4) is 0 Å². The molecular weight excluding hydrogens is 395 g/mol. The lowest BCUT2D eigenvalue weighted by atomic mass is 9.57. The molecule has 2 N–H and O–H groups in total. The molecule has 0 bridgehead atoms. The lowest BCUT2D eigenvalue weighted by molar-refractivity contribution is -0.139. The van der Waals surface area contributed by atoms with E-state index >= 15 is 0 Å². The largest absolute Gasteiger partial charge is 0.416 e. The van der Waals surface area contributed by atoms with Crippen molar-refractivity contribution < 1.29 is 18.0 Å². The summed E-state index contributed by atoms with van der Waals surface area (Å²) in [5, 5.41) is 29.5. The second-order valence-electron chi connectivity index (χ2n) is 7.18. The van der Waals surface area contributed by atoms with E-state index in [0.29, 0.717) is 5.57 Å². The van der Waals surface area contributed by atoms with Crippen molar-refractivity contribution in [3.05, 3.63) is 58.3 Å².